The highest BCUT2D eigenvalue weighted by Gasteiger charge is 2.32. The largest absolute Gasteiger partial charge is 0.502 e. The van der Waals surface area contributed by atoms with Gasteiger partial charge in [-0.3, -0.25) is 9.36 Å². The van der Waals surface area contributed by atoms with Gasteiger partial charge < -0.3 is 14.4 Å². The van der Waals surface area contributed by atoms with Gasteiger partial charge in [-0.05, 0) is 31.6 Å². The number of piperidine rings is 1. The summed E-state index contributed by atoms with van der Waals surface area (Å²) in [5, 5.41) is 19.0. The van der Waals surface area contributed by atoms with E-state index in [-0.39, 0.29) is 5.75 Å². The molecule has 1 saturated carbocycles. The number of hydrogen-bond acceptors (Lipinski definition) is 7. The van der Waals surface area contributed by atoms with Crippen molar-refractivity contribution < 1.29 is 9.52 Å². The summed E-state index contributed by atoms with van der Waals surface area (Å²) >= 11 is 1.52. The molecular formula is C17H22N4O3S. The second-order valence-corrected chi connectivity index (χ2v) is 7.88. The van der Waals surface area contributed by atoms with Gasteiger partial charge in [0.1, 0.15) is 12.0 Å². The second-order valence-electron chi connectivity index (χ2n) is 6.94. The maximum absolute atomic E-state index is 11.5. The Bertz CT molecular complexity index is 806. The third kappa shape index (κ3) is 3.53. The molecule has 2 aromatic heterocycles. The number of rotatable bonds is 5. The van der Waals surface area contributed by atoms with Crippen LogP contribution in [0, 0.1) is 5.92 Å². The Morgan fingerprint density at radius 1 is 1.28 bits per heavy atom. The maximum atomic E-state index is 11.5. The standard InChI is InChI=1S/C17H22N4O3S/c1-11-4-6-20(7-5-11)16-18-19-17(21(16)12-2-3-12)25-10-13-8-14(22)15(23)9-24-13/h8-9,11-12,23H,2-7,10H2,1H3. The average Bonchev–Trinajstić information content (AvgIpc) is 3.36. The Kier molecular flexibility index (Phi) is 4.45. The van der Waals surface area contributed by atoms with E-state index < -0.39 is 5.43 Å². The third-order valence-corrected chi connectivity index (χ3v) is 5.80. The zero-order valence-corrected chi connectivity index (χ0v) is 15.0. The van der Waals surface area contributed by atoms with Gasteiger partial charge >= 0.3 is 0 Å². The number of nitrogens with zero attached hydrogens (tertiary/aromatic N) is 4. The predicted molar refractivity (Wildman–Crippen MR) is 95.1 cm³/mol. The molecule has 0 atom stereocenters. The molecule has 1 N–H and O–H groups in total. The van der Waals surface area contributed by atoms with Crippen LogP contribution in [-0.4, -0.2) is 33.0 Å². The molecule has 0 radical (unpaired) electrons. The summed E-state index contributed by atoms with van der Waals surface area (Å²) in [7, 11) is 0. The number of hydrogen-bond donors (Lipinski definition) is 1. The molecule has 134 valence electrons. The minimum atomic E-state index is -0.423. The molecule has 1 saturated heterocycles. The van der Waals surface area contributed by atoms with Gasteiger partial charge in [0.2, 0.25) is 11.4 Å². The van der Waals surface area contributed by atoms with Crippen molar-refractivity contribution in [3.05, 3.63) is 28.3 Å². The molecule has 2 aliphatic rings. The third-order valence-electron chi connectivity index (χ3n) is 4.84. The Hall–Kier alpha value is -1.96. The van der Waals surface area contributed by atoms with Crippen molar-refractivity contribution in [2.24, 2.45) is 5.92 Å². The molecule has 4 rings (SSSR count). The highest BCUT2D eigenvalue weighted by atomic mass is 32.2. The lowest BCUT2D eigenvalue weighted by molar-refractivity contribution is 0.419. The summed E-state index contributed by atoms with van der Waals surface area (Å²) in [6.45, 7) is 4.36. The number of aromatic nitrogens is 3. The predicted octanol–water partition coefficient (Wildman–Crippen LogP) is 2.80. The molecular weight excluding hydrogens is 340 g/mol. The summed E-state index contributed by atoms with van der Waals surface area (Å²) < 4.78 is 7.52. The minimum absolute atomic E-state index is 0.364. The van der Waals surface area contributed by atoms with Crippen LogP contribution >= 0.6 is 11.8 Å². The van der Waals surface area contributed by atoms with Gasteiger partial charge in [-0.2, -0.15) is 0 Å². The smallest absolute Gasteiger partial charge is 0.228 e. The lowest BCUT2D eigenvalue weighted by Gasteiger charge is -2.31. The van der Waals surface area contributed by atoms with Gasteiger partial charge in [0.25, 0.3) is 0 Å². The van der Waals surface area contributed by atoms with Crippen LogP contribution in [0.25, 0.3) is 0 Å². The van der Waals surface area contributed by atoms with E-state index in [0.29, 0.717) is 17.6 Å². The molecule has 1 aliphatic carbocycles. The minimum Gasteiger partial charge on any atom is -0.502 e. The van der Waals surface area contributed by atoms with E-state index in [4.69, 9.17) is 4.42 Å². The van der Waals surface area contributed by atoms with Crippen LogP contribution in [0.2, 0.25) is 0 Å². The monoisotopic (exact) mass is 362 g/mol. The van der Waals surface area contributed by atoms with Crippen molar-refractivity contribution in [3.8, 4) is 5.75 Å². The van der Waals surface area contributed by atoms with Crippen molar-refractivity contribution in [2.75, 3.05) is 18.0 Å². The fourth-order valence-corrected chi connectivity index (χ4v) is 3.99. The molecule has 0 bridgehead atoms. The fourth-order valence-electron chi connectivity index (χ4n) is 3.10. The van der Waals surface area contributed by atoms with E-state index in [1.54, 1.807) is 0 Å². The van der Waals surface area contributed by atoms with E-state index >= 15 is 0 Å². The molecule has 0 aromatic carbocycles. The zero-order chi connectivity index (χ0) is 17.4. The van der Waals surface area contributed by atoms with Crippen LogP contribution in [0.15, 0.2) is 26.7 Å². The summed E-state index contributed by atoms with van der Waals surface area (Å²) in [4.78, 5) is 13.9. The van der Waals surface area contributed by atoms with E-state index in [1.165, 1.54) is 30.7 Å². The van der Waals surface area contributed by atoms with Gasteiger partial charge in [0, 0.05) is 25.2 Å². The molecule has 0 amide bonds. The van der Waals surface area contributed by atoms with E-state index in [9.17, 15) is 9.90 Å². The van der Waals surface area contributed by atoms with Gasteiger partial charge in [-0.15, -0.1) is 10.2 Å². The van der Waals surface area contributed by atoms with Crippen LogP contribution in [0.4, 0.5) is 5.95 Å². The second kappa shape index (κ2) is 6.74. The molecule has 2 fully saturated rings. The molecule has 0 spiro atoms. The molecule has 25 heavy (non-hydrogen) atoms. The normalized spacial score (nSPS) is 18.7. The SMILES string of the molecule is CC1CCN(c2nnc(SCc3cc(=O)c(O)co3)n2C2CC2)CC1. The lowest BCUT2D eigenvalue weighted by atomic mass is 10.00. The zero-order valence-electron chi connectivity index (χ0n) is 14.2. The molecule has 2 aromatic rings. The summed E-state index contributed by atoms with van der Waals surface area (Å²) in [6.07, 6.45) is 5.80. The maximum Gasteiger partial charge on any atom is 0.228 e. The van der Waals surface area contributed by atoms with Crippen LogP contribution in [-0.2, 0) is 5.75 Å². The highest BCUT2D eigenvalue weighted by molar-refractivity contribution is 7.98. The molecule has 1 aliphatic heterocycles. The highest BCUT2D eigenvalue weighted by Crippen LogP contribution is 2.41. The van der Waals surface area contributed by atoms with Crippen molar-refractivity contribution in [1.29, 1.82) is 0 Å². The Labute approximate surface area is 150 Å². The summed E-state index contributed by atoms with van der Waals surface area (Å²) in [5.74, 6) is 2.39. The first-order valence-corrected chi connectivity index (χ1v) is 9.73. The van der Waals surface area contributed by atoms with Crippen LogP contribution in [0.5, 0.6) is 5.75 Å². The fraction of sp³-hybridized carbons (Fsp3) is 0.588. The lowest BCUT2D eigenvalue weighted by Crippen LogP contribution is -2.34. The quantitative estimate of drug-likeness (QED) is 0.819. The average molecular weight is 362 g/mol. The van der Waals surface area contributed by atoms with Gasteiger partial charge in [-0.1, -0.05) is 18.7 Å². The van der Waals surface area contributed by atoms with Crippen molar-refractivity contribution in [2.45, 2.75) is 49.6 Å². The van der Waals surface area contributed by atoms with Crippen molar-refractivity contribution in [3.63, 3.8) is 0 Å². The van der Waals surface area contributed by atoms with E-state index in [0.717, 1.165) is 49.2 Å². The first kappa shape index (κ1) is 16.5. The Balaban J connectivity index is 1.51. The Morgan fingerprint density at radius 3 is 2.72 bits per heavy atom. The van der Waals surface area contributed by atoms with Crippen LogP contribution < -0.4 is 10.3 Å². The summed E-state index contributed by atoms with van der Waals surface area (Å²) in [6, 6.07) is 1.81. The molecule has 8 heteroatoms. The van der Waals surface area contributed by atoms with E-state index in [2.05, 4.69) is 26.6 Å². The first-order chi connectivity index (χ1) is 12.1. The Morgan fingerprint density at radius 2 is 2.04 bits per heavy atom. The summed E-state index contributed by atoms with van der Waals surface area (Å²) in [5.41, 5.74) is -0.423. The first-order valence-electron chi connectivity index (χ1n) is 8.75. The van der Waals surface area contributed by atoms with E-state index in [1.807, 2.05) is 0 Å². The topological polar surface area (TPSA) is 84.4 Å². The molecule has 3 heterocycles. The number of aromatic hydroxyl groups is 1. The van der Waals surface area contributed by atoms with Crippen LogP contribution in [0.3, 0.4) is 0 Å². The molecule has 0 unspecified atom stereocenters. The number of thioether (sulfide) groups is 1. The van der Waals surface area contributed by atoms with Gasteiger partial charge in [-0.25, -0.2) is 0 Å². The van der Waals surface area contributed by atoms with Crippen molar-refractivity contribution in [1.82, 2.24) is 14.8 Å². The number of anilines is 1. The van der Waals surface area contributed by atoms with Gasteiger partial charge in [0.15, 0.2) is 10.9 Å². The van der Waals surface area contributed by atoms with Crippen LogP contribution in [0.1, 0.15) is 44.4 Å². The van der Waals surface area contributed by atoms with Crippen molar-refractivity contribution >= 4 is 17.7 Å². The van der Waals surface area contributed by atoms with Gasteiger partial charge in [0.05, 0.1) is 5.75 Å². The molecule has 7 nitrogen and oxygen atoms in total.